The zero-order valence-electron chi connectivity index (χ0n) is 17.0. The van der Waals surface area contributed by atoms with E-state index in [1.807, 2.05) is 12.1 Å². The number of hydrogen-bond acceptors (Lipinski definition) is 3. The summed E-state index contributed by atoms with van der Waals surface area (Å²) in [5.41, 5.74) is 3.04. The van der Waals surface area contributed by atoms with Gasteiger partial charge < -0.3 is 0 Å². The van der Waals surface area contributed by atoms with Crippen LogP contribution in [0.25, 0.3) is 6.08 Å². The van der Waals surface area contributed by atoms with Crippen molar-refractivity contribution in [2.24, 2.45) is 0 Å². The molecule has 2 aromatic rings. The van der Waals surface area contributed by atoms with E-state index in [0.29, 0.717) is 22.3 Å². The first-order valence-corrected chi connectivity index (χ1v) is 11.5. The molecule has 0 saturated heterocycles. The molecule has 0 radical (unpaired) electrons. The first kappa shape index (κ1) is 21.6. The van der Waals surface area contributed by atoms with Crippen molar-refractivity contribution in [3.63, 3.8) is 0 Å². The Labute approximate surface area is 179 Å². The second-order valence-corrected chi connectivity index (χ2v) is 8.20. The van der Waals surface area contributed by atoms with E-state index in [-0.39, 0.29) is 11.6 Å². The largest absolute Gasteiger partial charge is 0.289 e. The van der Waals surface area contributed by atoms with E-state index in [1.54, 1.807) is 30.3 Å². The number of unbranched alkanes of at least 4 members (excludes halogenated alkanes) is 8. The molecule has 0 aliphatic heterocycles. The molecule has 3 rings (SSSR count). The van der Waals surface area contributed by atoms with Crippen LogP contribution in [-0.4, -0.2) is 17.3 Å². The van der Waals surface area contributed by atoms with Gasteiger partial charge in [0.05, 0.1) is 0 Å². The Kier molecular flexibility index (Phi) is 8.30. The number of fused-ring (bicyclic) bond motifs is 2. The van der Waals surface area contributed by atoms with Gasteiger partial charge in [-0.3, -0.25) is 9.59 Å². The second kappa shape index (κ2) is 11.2. The van der Waals surface area contributed by atoms with Crippen molar-refractivity contribution in [3.05, 3.63) is 76.4 Å². The predicted molar refractivity (Wildman–Crippen MR) is 124 cm³/mol. The van der Waals surface area contributed by atoms with Crippen LogP contribution in [0.2, 0.25) is 0 Å². The van der Waals surface area contributed by atoms with Crippen molar-refractivity contribution in [1.29, 1.82) is 0 Å². The number of allylic oxidation sites excluding steroid dienone is 1. The quantitative estimate of drug-likeness (QED) is 0.277. The highest BCUT2D eigenvalue weighted by Crippen LogP contribution is 2.28. The minimum absolute atomic E-state index is 0.0557. The molecule has 0 atom stereocenters. The first-order valence-electron chi connectivity index (χ1n) is 10.8. The topological polar surface area (TPSA) is 34.1 Å². The van der Waals surface area contributed by atoms with Crippen molar-refractivity contribution >= 4 is 30.3 Å². The fourth-order valence-electron chi connectivity index (χ4n) is 3.87. The van der Waals surface area contributed by atoms with Crippen LogP contribution in [0, 0.1) is 0 Å². The van der Waals surface area contributed by atoms with Crippen LogP contribution in [0.4, 0.5) is 0 Å². The highest BCUT2D eigenvalue weighted by molar-refractivity contribution is 7.80. The van der Waals surface area contributed by atoms with Gasteiger partial charge in [-0.25, -0.2) is 0 Å². The van der Waals surface area contributed by atoms with Crippen molar-refractivity contribution in [3.8, 4) is 0 Å². The molecular formula is C26H30O2S. The highest BCUT2D eigenvalue weighted by Gasteiger charge is 2.28. The fraction of sp³-hybridized carbons (Fsp3) is 0.385. The van der Waals surface area contributed by atoms with Crippen LogP contribution in [0.15, 0.2) is 48.5 Å². The Balaban J connectivity index is 1.47. The molecule has 2 nitrogen and oxygen atoms in total. The summed E-state index contributed by atoms with van der Waals surface area (Å²) in [5, 5.41) is 0. The Morgan fingerprint density at radius 1 is 0.655 bits per heavy atom. The van der Waals surface area contributed by atoms with Gasteiger partial charge in [0, 0.05) is 22.3 Å². The lowest BCUT2D eigenvalue weighted by molar-refractivity contribution is 0.0979. The zero-order valence-corrected chi connectivity index (χ0v) is 17.9. The van der Waals surface area contributed by atoms with Crippen LogP contribution in [0.1, 0.15) is 95.2 Å². The lowest BCUT2D eigenvalue weighted by Crippen LogP contribution is -2.20. The lowest BCUT2D eigenvalue weighted by Gasteiger charge is -2.17. The highest BCUT2D eigenvalue weighted by atomic mass is 32.1. The first-order chi connectivity index (χ1) is 14.2. The van der Waals surface area contributed by atoms with E-state index in [0.717, 1.165) is 17.7 Å². The Bertz CT molecular complexity index is 882. The number of carbonyl (C=O) groups is 2. The van der Waals surface area contributed by atoms with Crippen LogP contribution < -0.4 is 0 Å². The molecule has 0 saturated carbocycles. The Morgan fingerprint density at radius 2 is 1.21 bits per heavy atom. The smallest absolute Gasteiger partial charge is 0.194 e. The summed E-state index contributed by atoms with van der Waals surface area (Å²) >= 11 is 4.24. The van der Waals surface area contributed by atoms with Crippen molar-refractivity contribution < 1.29 is 9.59 Å². The van der Waals surface area contributed by atoms with E-state index in [1.165, 1.54) is 51.4 Å². The third kappa shape index (κ3) is 5.70. The summed E-state index contributed by atoms with van der Waals surface area (Å²) in [6, 6.07) is 12.7. The minimum Gasteiger partial charge on any atom is -0.289 e. The summed E-state index contributed by atoms with van der Waals surface area (Å²) < 4.78 is 0. The summed E-state index contributed by atoms with van der Waals surface area (Å²) in [7, 11) is 0. The van der Waals surface area contributed by atoms with Gasteiger partial charge >= 0.3 is 0 Å². The van der Waals surface area contributed by atoms with Gasteiger partial charge in [0.25, 0.3) is 0 Å². The molecule has 0 heterocycles. The number of ketones is 2. The molecule has 1 aliphatic rings. The van der Waals surface area contributed by atoms with E-state index < -0.39 is 0 Å². The molecule has 0 unspecified atom stereocenters. The minimum atomic E-state index is -0.0589. The molecule has 0 N–H and O–H groups in total. The third-order valence-corrected chi connectivity index (χ3v) is 5.85. The SMILES string of the molecule is O=C1c2ccccc2C(=O)c2cc(C=CCCCCCCCCCCS)ccc21. The lowest BCUT2D eigenvalue weighted by atomic mass is 9.83. The summed E-state index contributed by atoms with van der Waals surface area (Å²) in [6.45, 7) is 0. The predicted octanol–water partition coefficient (Wildman–Crippen LogP) is 6.92. The molecule has 29 heavy (non-hydrogen) atoms. The Morgan fingerprint density at radius 3 is 1.86 bits per heavy atom. The van der Waals surface area contributed by atoms with Gasteiger partial charge in [0.15, 0.2) is 11.6 Å². The van der Waals surface area contributed by atoms with Crippen LogP contribution >= 0.6 is 12.6 Å². The maximum absolute atomic E-state index is 12.8. The summed E-state index contributed by atoms with van der Waals surface area (Å²) in [5.74, 6) is 0.894. The molecule has 152 valence electrons. The number of rotatable bonds is 11. The number of carbonyl (C=O) groups excluding carboxylic acids is 2. The average molecular weight is 407 g/mol. The molecule has 1 aliphatic carbocycles. The molecule has 3 heteroatoms. The summed E-state index contributed by atoms with van der Waals surface area (Å²) in [6.07, 6.45) is 15.6. The number of benzene rings is 2. The molecule has 2 aromatic carbocycles. The molecule has 0 bridgehead atoms. The Hall–Kier alpha value is -2.13. The second-order valence-electron chi connectivity index (χ2n) is 7.75. The van der Waals surface area contributed by atoms with Gasteiger partial charge in [-0.2, -0.15) is 12.6 Å². The molecular weight excluding hydrogens is 376 g/mol. The van der Waals surface area contributed by atoms with Crippen molar-refractivity contribution in [1.82, 2.24) is 0 Å². The zero-order chi connectivity index (χ0) is 20.5. The van der Waals surface area contributed by atoms with Crippen molar-refractivity contribution in [2.75, 3.05) is 5.75 Å². The van der Waals surface area contributed by atoms with Gasteiger partial charge in [-0.1, -0.05) is 81.0 Å². The van der Waals surface area contributed by atoms with Crippen LogP contribution in [0.3, 0.4) is 0 Å². The van der Waals surface area contributed by atoms with Gasteiger partial charge in [-0.05, 0) is 42.7 Å². The fourth-order valence-corrected chi connectivity index (χ4v) is 4.10. The van der Waals surface area contributed by atoms with Crippen LogP contribution in [0.5, 0.6) is 0 Å². The monoisotopic (exact) mass is 406 g/mol. The van der Waals surface area contributed by atoms with Gasteiger partial charge in [0.2, 0.25) is 0 Å². The molecule has 0 aromatic heterocycles. The average Bonchev–Trinajstić information content (AvgIpc) is 2.76. The number of hydrogen-bond donors (Lipinski definition) is 1. The maximum Gasteiger partial charge on any atom is 0.194 e. The van der Waals surface area contributed by atoms with Gasteiger partial charge in [-0.15, -0.1) is 0 Å². The van der Waals surface area contributed by atoms with Crippen LogP contribution in [-0.2, 0) is 0 Å². The standard InChI is InChI=1S/C26H30O2S/c27-25-21-14-10-11-15-22(21)26(28)24-19-20(16-17-23(24)25)13-9-7-5-3-1-2-4-6-8-12-18-29/h9-11,13-17,19,29H,1-8,12,18H2. The van der Waals surface area contributed by atoms with Gasteiger partial charge in [0.1, 0.15) is 0 Å². The van der Waals surface area contributed by atoms with E-state index >= 15 is 0 Å². The van der Waals surface area contributed by atoms with E-state index in [9.17, 15) is 9.59 Å². The van der Waals surface area contributed by atoms with Crippen molar-refractivity contribution in [2.45, 2.75) is 57.8 Å². The maximum atomic E-state index is 12.8. The summed E-state index contributed by atoms with van der Waals surface area (Å²) in [4.78, 5) is 25.4. The molecule has 0 spiro atoms. The molecule has 0 fully saturated rings. The molecule has 0 amide bonds. The van der Waals surface area contributed by atoms with E-state index in [2.05, 4.69) is 24.8 Å². The van der Waals surface area contributed by atoms with E-state index in [4.69, 9.17) is 0 Å². The normalized spacial score (nSPS) is 13.0. The number of thiol groups is 1. The third-order valence-electron chi connectivity index (χ3n) is 5.54.